The van der Waals surface area contributed by atoms with Crippen LogP contribution in [0, 0.1) is 5.92 Å². The number of carbonyl (C=O) groups is 2. The lowest BCUT2D eigenvalue weighted by atomic mass is 10.3. The number of benzene rings is 1. The van der Waals surface area contributed by atoms with Crippen LogP contribution < -0.4 is 4.90 Å². The molecule has 0 spiro atoms. The maximum Gasteiger partial charge on any atom is 0.325 e. The topological polar surface area (TPSA) is 60.9 Å². The molecule has 1 saturated carbocycles. The molecule has 0 unspecified atom stereocenters. The van der Waals surface area contributed by atoms with E-state index in [4.69, 9.17) is 16.7 Å². The van der Waals surface area contributed by atoms with Crippen LogP contribution in [0.5, 0.6) is 0 Å². The lowest BCUT2D eigenvalue weighted by Gasteiger charge is -2.29. The van der Waals surface area contributed by atoms with Crippen molar-refractivity contribution in [2.45, 2.75) is 19.8 Å². The number of carboxylic acid groups (broad SMARTS) is 1. The van der Waals surface area contributed by atoms with Gasteiger partial charge in [-0.3, -0.25) is 9.69 Å². The Kier molecular flexibility index (Phi) is 5.07. The molecule has 0 aromatic heterocycles. The van der Waals surface area contributed by atoms with E-state index in [0.29, 0.717) is 29.7 Å². The standard InChI is InChI=1S/C15H19ClN2O3/c1-2-17(9-11-3-4-11)15(21)18(10-14(19)20)13-7-5-12(16)6-8-13/h5-8,11H,2-4,9-10H2,1H3,(H,19,20). The molecule has 6 heteroatoms. The van der Waals surface area contributed by atoms with E-state index in [-0.39, 0.29) is 12.6 Å². The number of carboxylic acids is 1. The van der Waals surface area contributed by atoms with Gasteiger partial charge in [0.25, 0.3) is 0 Å². The number of aliphatic carboxylic acids is 1. The van der Waals surface area contributed by atoms with Crippen LogP contribution in [0.15, 0.2) is 24.3 Å². The quantitative estimate of drug-likeness (QED) is 0.878. The Hall–Kier alpha value is -1.75. The molecule has 1 fully saturated rings. The highest BCUT2D eigenvalue weighted by Crippen LogP contribution is 2.30. The second-order valence-corrected chi connectivity index (χ2v) is 5.66. The lowest BCUT2D eigenvalue weighted by molar-refractivity contribution is -0.135. The fraction of sp³-hybridized carbons (Fsp3) is 0.467. The molecule has 1 N–H and O–H groups in total. The van der Waals surface area contributed by atoms with E-state index in [1.807, 2.05) is 6.92 Å². The molecule has 1 aromatic carbocycles. The maximum atomic E-state index is 12.6. The van der Waals surface area contributed by atoms with E-state index in [1.165, 1.54) is 4.90 Å². The largest absolute Gasteiger partial charge is 0.480 e. The maximum absolute atomic E-state index is 12.6. The Labute approximate surface area is 129 Å². The molecule has 0 aliphatic heterocycles. The predicted octanol–water partition coefficient (Wildman–Crippen LogP) is 3.08. The minimum atomic E-state index is -1.04. The Morgan fingerprint density at radius 1 is 1.29 bits per heavy atom. The number of amides is 2. The SMILES string of the molecule is CCN(CC1CC1)C(=O)N(CC(=O)O)c1ccc(Cl)cc1. The van der Waals surface area contributed by atoms with E-state index in [0.717, 1.165) is 12.8 Å². The molecular formula is C15H19ClN2O3. The third-order valence-corrected chi connectivity index (χ3v) is 3.74. The second kappa shape index (κ2) is 6.80. The fourth-order valence-electron chi connectivity index (χ4n) is 2.15. The van der Waals surface area contributed by atoms with Gasteiger partial charge in [0.1, 0.15) is 6.54 Å². The Morgan fingerprint density at radius 3 is 2.38 bits per heavy atom. The van der Waals surface area contributed by atoms with Gasteiger partial charge >= 0.3 is 12.0 Å². The zero-order valence-electron chi connectivity index (χ0n) is 12.0. The summed E-state index contributed by atoms with van der Waals surface area (Å²) in [6.07, 6.45) is 2.29. The van der Waals surface area contributed by atoms with Gasteiger partial charge in [0.2, 0.25) is 0 Å². The van der Waals surface area contributed by atoms with Gasteiger partial charge in [-0.1, -0.05) is 11.6 Å². The highest BCUT2D eigenvalue weighted by molar-refractivity contribution is 6.30. The van der Waals surface area contributed by atoms with Crippen molar-refractivity contribution in [1.82, 2.24) is 4.90 Å². The van der Waals surface area contributed by atoms with Gasteiger partial charge in [-0.05, 0) is 49.9 Å². The number of rotatable bonds is 6. The average molecular weight is 311 g/mol. The minimum Gasteiger partial charge on any atom is -0.480 e. The molecule has 114 valence electrons. The van der Waals surface area contributed by atoms with E-state index < -0.39 is 5.97 Å². The Bertz CT molecular complexity index is 514. The number of hydrogen-bond donors (Lipinski definition) is 1. The van der Waals surface area contributed by atoms with Crippen molar-refractivity contribution in [3.63, 3.8) is 0 Å². The number of urea groups is 1. The number of anilines is 1. The summed E-state index contributed by atoms with van der Waals surface area (Å²) < 4.78 is 0. The van der Waals surface area contributed by atoms with Crippen LogP contribution in [-0.4, -0.2) is 41.6 Å². The molecule has 1 aliphatic rings. The molecule has 21 heavy (non-hydrogen) atoms. The van der Waals surface area contributed by atoms with Crippen LogP contribution in [0.2, 0.25) is 5.02 Å². The van der Waals surface area contributed by atoms with Crippen molar-refractivity contribution in [2.75, 3.05) is 24.5 Å². The van der Waals surface area contributed by atoms with Gasteiger partial charge in [0.05, 0.1) is 0 Å². The van der Waals surface area contributed by atoms with E-state index in [2.05, 4.69) is 0 Å². The van der Waals surface area contributed by atoms with E-state index >= 15 is 0 Å². The first-order valence-corrected chi connectivity index (χ1v) is 7.43. The molecule has 0 bridgehead atoms. The second-order valence-electron chi connectivity index (χ2n) is 5.22. The molecule has 5 nitrogen and oxygen atoms in total. The Balaban J connectivity index is 2.18. The average Bonchev–Trinajstić information content (AvgIpc) is 3.26. The first-order chi connectivity index (χ1) is 10.0. The summed E-state index contributed by atoms with van der Waals surface area (Å²) in [5, 5.41) is 9.61. The van der Waals surface area contributed by atoms with Crippen molar-refractivity contribution in [3.8, 4) is 0 Å². The normalized spacial score (nSPS) is 13.8. The molecule has 2 rings (SSSR count). The zero-order valence-corrected chi connectivity index (χ0v) is 12.7. The molecule has 1 aliphatic carbocycles. The summed E-state index contributed by atoms with van der Waals surface area (Å²) in [6, 6.07) is 6.35. The van der Waals surface area contributed by atoms with Gasteiger partial charge in [0, 0.05) is 23.8 Å². The third-order valence-electron chi connectivity index (χ3n) is 3.49. The zero-order chi connectivity index (χ0) is 15.4. The first kappa shape index (κ1) is 15.6. The van der Waals surface area contributed by atoms with Crippen molar-refractivity contribution >= 4 is 29.3 Å². The lowest BCUT2D eigenvalue weighted by Crippen LogP contribution is -2.46. The van der Waals surface area contributed by atoms with Crippen LogP contribution in [0.3, 0.4) is 0 Å². The highest BCUT2D eigenvalue weighted by Gasteiger charge is 2.29. The van der Waals surface area contributed by atoms with Gasteiger partial charge in [-0.2, -0.15) is 0 Å². The van der Waals surface area contributed by atoms with Crippen LogP contribution in [0.4, 0.5) is 10.5 Å². The molecule has 0 saturated heterocycles. The smallest absolute Gasteiger partial charge is 0.325 e. The van der Waals surface area contributed by atoms with Crippen molar-refractivity contribution in [1.29, 1.82) is 0 Å². The summed E-state index contributed by atoms with van der Waals surface area (Å²) in [5.74, 6) is -0.480. The van der Waals surface area contributed by atoms with Gasteiger partial charge in [-0.15, -0.1) is 0 Å². The van der Waals surface area contributed by atoms with Crippen LogP contribution in [-0.2, 0) is 4.79 Å². The number of hydrogen-bond acceptors (Lipinski definition) is 2. The van der Waals surface area contributed by atoms with Crippen LogP contribution >= 0.6 is 11.6 Å². The van der Waals surface area contributed by atoms with Gasteiger partial charge < -0.3 is 10.0 Å². The van der Waals surface area contributed by atoms with E-state index in [9.17, 15) is 9.59 Å². The number of halogens is 1. The van der Waals surface area contributed by atoms with E-state index in [1.54, 1.807) is 29.2 Å². The van der Waals surface area contributed by atoms with Crippen molar-refractivity contribution < 1.29 is 14.7 Å². The first-order valence-electron chi connectivity index (χ1n) is 7.05. The molecular weight excluding hydrogens is 292 g/mol. The summed E-state index contributed by atoms with van der Waals surface area (Å²) in [7, 11) is 0. The highest BCUT2D eigenvalue weighted by atomic mass is 35.5. The monoisotopic (exact) mass is 310 g/mol. The molecule has 1 aromatic rings. The number of carbonyl (C=O) groups excluding carboxylic acids is 1. The molecule has 0 heterocycles. The van der Waals surface area contributed by atoms with Crippen LogP contribution in [0.1, 0.15) is 19.8 Å². The summed E-state index contributed by atoms with van der Waals surface area (Å²) >= 11 is 5.84. The minimum absolute atomic E-state index is 0.269. The van der Waals surface area contributed by atoms with Gasteiger partial charge in [-0.25, -0.2) is 4.79 Å². The van der Waals surface area contributed by atoms with Crippen LogP contribution in [0.25, 0.3) is 0 Å². The molecule has 0 radical (unpaired) electrons. The Morgan fingerprint density at radius 2 is 1.90 bits per heavy atom. The van der Waals surface area contributed by atoms with Crippen molar-refractivity contribution in [2.24, 2.45) is 5.92 Å². The summed E-state index contributed by atoms with van der Waals surface area (Å²) in [5.41, 5.74) is 0.543. The number of nitrogens with zero attached hydrogens (tertiary/aromatic N) is 2. The van der Waals surface area contributed by atoms with Gasteiger partial charge in [0.15, 0.2) is 0 Å². The molecule has 2 amide bonds. The van der Waals surface area contributed by atoms with Crippen molar-refractivity contribution in [3.05, 3.63) is 29.3 Å². The fourth-order valence-corrected chi connectivity index (χ4v) is 2.28. The predicted molar refractivity (Wildman–Crippen MR) is 81.8 cm³/mol. The third kappa shape index (κ3) is 4.36. The summed E-state index contributed by atoms with van der Waals surface area (Å²) in [6.45, 7) is 2.81. The molecule has 0 atom stereocenters. The summed E-state index contributed by atoms with van der Waals surface area (Å²) in [4.78, 5) is 26.7.